The summed E-state index contributed by atoms with van der Waals surface area (Å²) >= 11 is 24.7. The molecule has 0 unspecified atom stereocenters. The molecule has 0 saturated carbocycles. The van der Waals surface area contributed by atoms with Crippen molar-refractivity contribution in [2.45, 2.75) is 0 Å². The van der Waals surface area contributed by atoms with E-state index in [-0.39, 0.29) is 43.1 Å². The highest BCUT2D eigenvalue weighted by atomic mass is 35.5. The predicted molar refractivity (Wildman–Crippen MR) is 155 cm³/mol. The lowest BCUT2D eigenvalue weighted by molar-refractivity contribution is 0.144. The third-order valence-electron chi connectivity index (χ3n) is 4.77. The van der Waals surface area contributed by atoms with Gasteiger partial charge in [-0.25, -0.2) is 9.13 Å². The third-order valence-corrected chi connectivity index (χ3v) is 8.70. The molecule has 40 heavy (non-hydrogen) atoms. The van der Waals surface area contributed by atoms with Crippen molar-refractivity contribution in [1.82, 2.24) is 0 Å². The lowest BCUT2D eigenvalue weighted by Crippen LogP contribution is -2.12. The molecule has 0 aliphatic heterocycles. The molecule has 0 amide bonds. The third kappa shape index (κ3) is 8.56. The fourth-order valence-corrected chi connectivity index (χ4v) is 6.39. The Balaban J connectivity index is 1.51. The van der Waals surface area contributed by atoms with Crippen molar-refractivity contribution < 1.29 is 36.3 Å². The molecule has 0 fully saturated rings. The summed E-state index contributed by atoms with van der Waals surface area (Å²) in [5, 5.41) is 0.652. The van der Waals surface area contributed by atoms with Gasteiger partial charge in [0.2, 0.25) is 0 Å². The van der Waals surface area contributed by atoms with Crippen LogP contribution >= 0.6 is 62.0 Å². The number of hydrogen-bond acceptors (Lipinski definition) is 8. The number of hydrogen-bond donors (Lipinski definition) is 0. The van der Waals surface area contributed by atoms with Crippen LogP contribution in [0.2, 0.25) is 20.1 Å². The average Bonchev–Trinajstić information content (AvgIpc) is 2.92. The minimum absolute atomic E-state index is 0.0373. The van der Waals surface area contributed by atoms with E-state index >= 15 is 0 Å². The van der Waals surface area contributed by atoms with E-state index in [4.69, 9.17) is 73.5 Å². The summed E-state index contributed by atoms with van der Waals surface area (Å²) in [5.74, 6) is 0.149. The van der Waals surface area contributed by atoms with Gasteiger partial charge in [0.15, 0.2) is 23.0 Å². The molecule has 0 heterocycles. The van der Waals surface area contributed by atoms with E-state index in [1.165, 1.54) is 48.5 Å². The van der Waals surface area contributed by atoms with Crippen LogP contribution < -0.4 is 18.1 Å². The zero-order valence-electron chi connectivity index (χ0n) is 20.3. The molecule has 14 heteroatoms. The van der Waals surface area contributed by atoms with E-state index in [9.17, 15) is 9.13 Å². The van der Waals surface area contributed by atoms with E-state index in [1.807, 2.05) is 0 Å². The van der Waals surface area contributed by atoms with Crippen LogP contribution in [-0.4, -0.2) is 13.2 Å². The van der Waals surface area contributed by atoms with Gasteiger partial charge < -0.3 is 18.1 Å². The second-order valence-corrected chi connectivity index (χ2v) is 12.3. The minimum atomic E-state index is -4.41. The Labute approximate surface area is 250 Å². The van der Waals surface area contributed by atoms with Crippen LogP contribution in [0.4, 0.5) is 0 Å². The number of benzene rings is 4. The Morgan fingerprint density at radius 2 is 0.650 bits per heavy atom. The van der Waals surface area contributed by atoms with Gasteiger partial charge in [0, 0.05) is 0 Å². The van der Waals surface area contributed by atoms with E-state index < -0.39 is 28.9 Å². The van der Waals surface area contributed by atoms with Crippen molar-refractivity contribution in [1.29, 1.82) is 0 Å². The van der Waals surface area contributed by atoms with Crippen molar-refractivity contribution >= 4 is 62.0 Å². The van der Waals surface area contributed by atoms with E-state index in [0.717, 1.165) is 0 Å². The fraction of sp³-hybridized carbons (Fsp3) is 0.0769. The molecule has 210 valence electrons. The Bertz CT molecular complexity index is 1340. The highest BCUT2D eigenvalue weighted by Gasteiger charge is 2.35. The summed E-state index contributed by atoms with van der Waals surface area (Å²) in [6, 6.07) is 25.2. The highest BCUT2D eigenvalue weighted by molar-refractivity contribution is 7.49. The highest BCUT2D eigenvalue weighted by Crippen LogP contribution is 2.54. The first-order valence-electron chi connectivity index (χ1n) is 11.4. The van der Waals surface area contributed by atoms with Crippen molar-refractivity contribution in [3.63, 3.8) is 0 Å². The summed E-state index contributed by atoms with van der Waals surface area (Å²) in [7, 11) is -8.82. The van der Waals surface area contributed by atoms with Crippen LogP contribution in [0.25, 0.3) is 0 Å². The van der Waals surface area contributed by atoms with Gasteiger partial charge in [-0.1, -0.05) is 94.9 Å². The topological polar surface area (TPSA) is 89.5 Å². The normalized spacial score (nSPS) is 11.6. The Kier molecular flexibility index (Phi) is 10.7. The van der Waals surface area contributed by atoms with Gasteiger partial charge in [-0.15, -0.1) is 0 Å². The maximum atomic E-state index is 13.6. The summed E-state index contributed by atoms with van der Waals surface area (Å²) in [4.78, 5) is 0. The minimum Gasteiger partial charge on any atom is -0.393 e. The monoisotopic (exact) mass is 662 g/mol. The van der Waals surface area contributed by atoms with Crippen molar-refractivity contribution in [2.75, 3.05) is 13.2 Å². The quantitative estimate of drug-likeness (QED) is 0.103. The van der Waals surface area contributed by atoms with Crippen LogP contribution in [0.5, 0.6) is 23.0 Å². The fourth-order valence-electron chi connectivity index (χ4n) is 3.00. The van der Waals surface area contributed by atoms with Gasteiger partial charge in [0.25, 0.3) is 0 Å². The molecule has 0 N–H and O–H groups in total. The molecule has 4 aromatic carbocycles. The first-order valence-corrected chi connectivity index (χ1v) is 15.9. The molecular weight excluding hydrogens is 644 g/mol. The summed E-state index contributed by atoms with van der Waals surface area (Å²) in [6.07, 6.45) is 0. The standard InChI is InChI=1S/C26H20Cl4O8P2/c27-19-9-1-5-13-23(19)35-39(31,36-24-14-6-2-10-20(24)28)33-17-18-34-40(32,37-25-15-7-3-11-21(25)29)38-26-16-8-4-12-22(26)30/h1-16H,17-18H2. The SMILES string of the molecule is O=P(OCCOP(=O)(Oc1ccccc1Cl)Oc1ccccc1Cl)(Oc1ccccc1Cl)Oc1ccccc1Cl. The first-order chi connectivity index (χ1) is 19.2. The molecule has 0 aliphatic carbocycles. The zero-order chi connectivity index (χ0) is 28.6. The van der Waals surface area contributed by atoms with Gasteiger partial charge in [0.1, 0.15) is 0 Å². The Morgan fingerprint density at radius 3 is 0.875 bits per heavy atom. The molecule has 0 saturated heterocycles. The molecule has 8 nitrogen and oxygen atoms in total. The zero-order valence-corrected chi connectivity index (χ0v) is 25.1. The Hall–Kier alpha value is -2.38. The molecule has 4 aromatic rings. The molecule has 0 aromatic heterocycles. The van der Waals surface area contributed by atoms with Crippen LogP contribution in [0.3, 0.4) is 0 Å². The molecule has 4 rings (SSSR count). The largest absolute Gasteiger partial charge is 0.587 e. The van der Waals surface area contributed by atoms with E-state index in [0.29, 0.717) is 0 Å². The predicted octanol–water partition coefficient (Wildman–Crippen LogP) is 10.2. The van der Waals surface area contributed by atoms with Crippen LogP contribution in [-0.2, 0) is 18.2 Å². The van der Waals surface area contributed by atoms with Crippen LogP contribution in [0.15, 0.2) is 97.1 Å². The van der Waals surface area contributed by atoms with Gasteiger partial charge in [-0.2, -0.15) is 0 Å². The van der Waals surface area contributed by atoms with E-state index in [2.05, 4.69) is 0 Å². The molecule has 0 bridgehead atoms. The number of para-hydroxylation sites is 4. The number of phosphoric acid groups is 2. The first kappa shape index (κ1) is 30.6. The second-order valence-electron chi connectivity index (χ2n) is 7.65. The molecule has 0 aliphatic rings. The lowest BCUT2D eigenvalue weighted by atomic mass is 10.3. The van der Waals surface area contributed by atoms with Gasteiger partial charge in [-0.05, 0) is 48.5 Å². The van der Waals surface area contributed by atoms with Crippen molar-refractivity contribution in [3.05, 3.63) is 117 Å². The van der Waals surface area contributed by atoms with Crippen LogP contribution in [0, 0.1) is 0 Å². The molecule has 0 spiro atoms. The summed E-state index contributed by atoms with van der Waals surface area (Å²) in [5.41, 5.74) is 0. The lowest BCUT2D eigenvalue weighted by Gasteiger charge is -2.22. The maximum Gasteiger partial charge on any atom is 0.587 e. The smallest absolute Gasteiger partial charge is 0.393 e. The van der Waals surface area contributed by atoms with Gasteiger partial charge >= 0.3 is 15.6 Å². The van der Waals surface area contributed by atoms with Crippen molar-refractivity contribution in [2.24, 2.45) is 0 Å². The second kappa shape index (κ2) is 14.0. The Morgan fingerprint density at radius 1 is 0.425 bits per heavy atom. The molecule has 0 atom stereocenters. The number of rotatable bonds is 13. The summed E-state index contributed by atoms with van der Waals surface area (Å²) < 4.78 is 60.4. The van der Waals surface area contributed by atoms with Gasteiger partial charge in [0.05, 0.1) is 33.3 Å². The van der Waals surface area contributed by atoms with Gasteiger partial charge in [-0.3, -0.25) is 9.05 Å². The molecular formula is C26H20Cl4O8P2. The van der Waals surface area contributed by atoms with E-state index in [1.54, 1.807) is 48.5 Å². The summed E-state index contributed by atoms with van der Waals surface area (Å²) in [6.45, 7) is -0.901. The van der Waals surface area contributed by atoms with Crippen molar-refractivity contribution in [3.8, 4) is 23.0 Å². The van der Waals surface area contributed by atoms with Crippen LogP contribution in [0.1, 0.15) is 0 Å². The number of phosphoric ester groups is 2. The number of halogens is 4. The maximum absolute atomic E-state index is 13.6. The molecule has 0 radical (unpaired) electrons. The average molecular weight is 664 g/mol.